The molecule has 0 radical (unpaired) electrons. The van der Waals surface area contributed by atoms with Crippen LogP contribution in [0.15, 0.2) is 48.5 Å². The van der Waals surface area contributed by atoms with Crippen LogP contribution in [-0.4, -0.2) is 0 Å². The van der Waals surface area contributed by atoms with Crippen LogP contribution in [0.25, 0.3) is 0 Å². The van der Waals surface area contributed by atoms with Gasteiger partial charge in [0.1, 0.15) is 11.5 Å². The van der Waals surface area contributed by atoms with Gasteiger partial charge in [-0.05, 0) is 48.7 Å². The second-order valence-electron chi connectivity index (χ2n) is 4.78. The average Bonchev–Trinajstić information content (AvgIpc) is 2.43. The first-order chi connectivity index (χ1) is 9.19. The predicted molar refractivity (Wildman–Crippen MR) is 79.4 cm³/mol. The molecule has 96 valence electrons. The molecule has 0 fully saturated rings. The summed E-state index contributed by atoms with van der Waals surface area (Å²) in [5.74, 6) is 4.74. The zero-order valence-corrected chi connectivity index (χ0v) is 11.4. The third-order valence-electron chi connectivity index (χ3n) is 3.10. The van der Waals surface area contributed by atoms with E-state index in [-0.39, 0.29) is 5.92 Å². The third-order valence-corrected chi connectivity index (χ3v) is 3.10. The normalized spacial score (nSPS) is 11.6. The number of para-hydroxylation sites is 1. The number of ether oxygens (including phenoxy) is 1. The van der Waals surface area contributed by atoms with Crippen LogP contribution in [0.5, 0.6) is 11.5 Å². The van der Waals surface area contributed by atoms with Crippen LogP contribution in [-0.2, 0) is 6.42 Å². The van der Waals surface area contributed by atoms with Gasteiger partial charge in [-0.1, -0.05) is 31.2 Å². The van der Waals surface area contributed by atoms with Gasteiger partial charge in [-0.3, -0.25) is 0 Å². The molecule has 0 saturated heterocycles. The van der Waals surface area contributed by atoms with E-state index in [2.05, 4.69) is 31.9 Å². The molecule has 0 aromatic heterocycles. The fourth-order valence-corrected chi connectivity index (χ4v) is 1.97. The zero-order chi connectivity index (χ0) is 13.7. The van der Waals surface area contributed by atoms with Crippen LogP contribution in [0, 0.1) is 25.2 Å². The van der Waals surface area contributed by atoms with Gasteiger partial charge in [-0.15, -0.1) is 12.3 Å². The molecule has 0 aliphatic rings. The highest BCUT2D eigenvalue weighted by Gasteiger charge is 2.05. The van der Waals surface area contributed by atoms with Gasteiger partial charge in [-0.25, -0.2) is 0 Å². The lowest BCUT2D eigenvalue weighted by molar-refractivity contribution is 0.482. The number of hydrogen-bond donors (Lipinski definition) is 0. The minimum absolute atomic E-state index is 0.264. The molecule has 2 aromatic carbocycles. The highest BCUT2D eigenvalue weighted by Crippen LogP contribution is 2.24. The summed E-state index contributed by atoms with van der Waals surface area (Å²) in [6, 6.07) is 16.0. The first-order valence-corrected chi connectivity index (χ1v) is 6.47. The van der Waals surface area contributed by atoms with Crippen LogP contribution in [0.3, 0.4) is 0 Å². The SMILES string of the molecule is C#CC(C)Cc1ccc(Oc2ccccc2)cc1C. The molecule has 2 aromatic rings. The molecule has 0 saturated carbocycles. The van der Waals surface area contributed by atoms with Crippen LogP contribution >= 0.6 is 0 Å². The van der Waals surface area contributed by atoms with Crippen LogP contribution in [0.4, 0.5) is 0 Å². The first kappa shape index (κ1) is 13.2. The number of aryl methyl sites for hydroxylation is 1. The lowest BCUT2D eigenvalue weighted by atomic mass is 9.98. The lowest BCUT2D eigenvalue weighted by Gasteiger charge is -2.11. The maximum absolute atomic E-state index is 5.81. The van der Waals surface area contributed by atoms with Gasteiger partial charge < -0.3 is 4.74 Å². The minimum Gasteiger partial charge on any atom is -0.457 e. The molecule has 0 spiro atoms. The van der Waals surface area contributed by atoms with Crippen molar-refractivity contribution in [1.29, 1.82) is 0 Å². The summed E-state index contributed by atoms with van der Waals surface area (Å²) in [5.41, 5.74) is 2.50. The van der Waals surface area contributed by atoms with Crippen molar-refractivity contribution in [3.05, 3.63) is 59.7 Å². The minimum atomic E-state index is 0.264. The monoisotopic (exact) mass is 250 g/mol. The van der Waals surface area contributed by atoms with Crippen molar-refractivity contribution in [3.63, 3.8) is 0 Å². The Bertz CT molecular complexity index is 578. The molecule has 1 unspecified atom stereocenters. The van der Waals surface area contributed by atoms with Crippen molar-refractivity contribution < 1.29 is 4.74 Å². The fourth-order valence-electron chi connectivity index (χ4n) is 1.97. The van der Waals surface area contributed by atoms with E-state index >= 15 is 0 Å². The Hall–Kier alpha value is -2.20. The van der Waals surface area contributed by atoms with E-state index in [4.69, 9.17) is 11.2 Å². The molecule has 1 atom stereocenters. The summed E-state index contributed by atoms with van der Waals surface area (Å²) >= 11 is 0. The summed E-state index contributed by atoms with van der Waals surface area (Å²) in [5, 5.41) is 0. The average molecular weight is 250 g/mol. The first-order valence-electron chi connectivity index (χ1n) is 6.47. The van der Waals surface area contributed by atoms with Crippen molar-refractivity contribution in [1.82, 2.24) is 0 Å². The molecule has 0 aliphatic heterocycles. The van der Waals surface area contributed by atoms with E-state index in [9.17, 15) is 0 Å². The Kier molecular flexibility index (Phi) is 4.26. The van der Waals surface area contributed by atoms with Gasteiger partial charge in [0.15, 0.2) is 0 Å². The van der Waals surface area contributed by atoms with Crippen molar-refractivity contribution in [2.75, 3.05) is 0 Å². The highest BCUT2D eigenvalue weighted by atomic mass is 16.5. The van der Waals surface area contributed by atoms with E-state index in [1.54, 1.807) is 0 Å². The van der Waals surface area contributed by atoms with E-state index < -0.39 is 0 Å². The van der Waals surface area contributed by atoms with Crippen molar-refractivity contribution >= 4 is 0 Å². The number of terminal acetylenes is 1. The highest BCUT2D eigenvalue weighted by molar-refractivity contribution is 5.38. The molecule has 1 nitrogen and oxygen atoms in total. The molecule has 0 aliphatic carbocycles. The van der Waals surface area contributed by atoms with Gasteiger partial charge in [0.25, 0.3) is 0 Å². The Morgan fingerprint density at radius 3 is 2.47 bits per heavy atom. The van der Waals surface area contributed by atoms with E-state index in [1.807, 2.05) is 36.4 Å². The van der Waals surface area contributed by atoms with Crippen molar-refractivity contribution in [2.24, 2.45) is 5.92 Å². The van der Waals surface area contributed by atoms with Gasteiger partial charge in [-0.2, -0.15) is 0 Å². The quantitative estimate of drug-likeness (QED) is 0.721. The Morgan fingerprint density at radius 2 is 1.84 bits per heavy atom. The molecular formula is C18H18O. The van der Waals surface area contributed by atoms with Gasteiger partial charge in [0, 0.05) is 5.92 Å². The standard InChI is InChI=1S/C18H18O/c1-4-14(2)12-16-10-11-18(13-15(16)3)19-17-8-6-5-7-9-17/h1,5-11,13-14H,12H2,2-3H3. The molecule has 0 heterocycles. The van der Waals surface area contributed by atoms with Crippen LogP contribution in [0.2, 0.25) is 0 Å². The smallest absolute Gasteiger partial charge is 0.127 e. The second-order valence-corrected chi connectivity index (χ2v) is 4.78. The molecule has 19 heavy (non-hydrogen) atoms. The maximum atomic E-state index is 5.81. The molecular weight excluding hydrogens is 232 g/mol. The van der Waals surface area contributed by atoms with Gasteiger partial charge >= 0.3 is 0 Å². The lowest BCUT2D eigenvalue weighted by Crippen LogP contribution is -1.98. The predicted octanol–water partition coefficient (Wildman–Crippen LogP) is 4.60. The summed E-state index contributed by atoms with van der Waals surface area (Å²) in [6.07, 6.45) is 6.34. The molecule has 0 N–H and O–H groups in total. The zero-order valence-electron chi connectivity index (χ0n) is 11.4. The Labute approximate surface area is 115 Å². The molecule has 2 rings (SSSR count). The Balaban J connectivity index is 2.13. The number of rotatable bonds is 4. The van der Waals surface area contributed by atoms with Crippen LogP contribution in [0.1, 0.15) is 18.1 Å². The van der Waals surface area contributed by atoms with Crippen molar-refractivity contribution in [2.45, 2.75) is 20.3 Å². The summed E-state index contributed by atoms with van der Waals surface area (Å²) in [6.45, 7) is 4.16. The van der Waals surface area contributed by atoms with Gasteiger partial charge in [0.05, 0.1) is 0 Å². The summed E-state index contributed by atoms with van der Waals surface area (Å²) in [4.78, 5) is 0. The van der Waals surface area contributed by atoms with Gasteiger partial charge in [0.2, 0.25) is 0 Å². The molecule has 1 heteroatoms. The maximum Gasteiger partial charge on any atom is 0.127 e. The molecule has 0 bridgehead atoms. The summed E-state index contributed by atoms with van der Waals surface area (Å²) < 4.78 is 5.81. The number of hydrogen-bond acceptors (Lipinski definition) is 1. The topological polar surface area (TPSA) is 9.23 Å². The van der Waals surface area contributed by atoms with E-state index in [1.165, 1.54) is 11.1 Å². The van der Waals surface area contributed by atoms with Crippen LogP contribution < -0.4 is 4.74 Å². The van der Waals surface area contributed by atoms with E-state index in [0.717, 1.165) is 17.9 Å². The Morgan fingerprint density at radius 1 is 1.11 bits per heavy atom. The molecule has 0 amide bonds. The van der Waals surface area contributed by atoms with E-state index in [0.29, 0.717) is 0 Å². The fraction of sp³-hybridized carbons (Fsp3) is 0.222. The third kappa shape index (κ3) is 3.63. The summed E-state index contributed by atoms with van der Waals surface area (Å²) in [7, 11) is 0. The largest absolute Gasteiger partial charge is 0.457 e. The second kappa shape index (κ2) is 6.11. The number of benzene rings is 2. The van der Waals surface area contributed by atoms with Crippen molar-refractivity contribution in [3.8, 4) is 23.8 Å².